The molecular formula is C14H11N5OS. The third-order valence-corrected chi connectivity index (χ3v) is 3.10. The minimum absolute atomic E-state index is 0.154. The van der Waals surface area contributed by atoms with Crippen LogP contribution in [0.4, 0.5) is 0 Å². The summed E-state index contributed by atoms with van der Waals surface area (Å²) in [5.74, 6) is 0.732. The molecule has 2 heterocycles. The quantitative estimate of drug-likeness (QED) is 0.575. The van der Waals surface area contributed by atoms with Gasteiger partial charge in [-0.2, -0.15) is 14.9 Å². The van der Waals surface area contributed by atoms with Gasteiger partial charge in [-0.15, -0.1) is 0 Å². The van der Waals surface area contributed by atoms with Crippen molar-refractivity contribution in [1.82, 2.24) is 19.9 Å². The van der Waals surface area contributed by atoms with Gasteiger partial charge in [0.1, 0.15) is 5.75 Å². The monoisotopic (exact) mass is 297 g/mol. The van der Waals surface area contributed by atoms with E-state index in [1.165, 1.54) is 10.9 Å². The summed E-state index contributed by atoms with van der Waals surface area (Å²) in [7, 11) is 0. The van der Waals surface area contributed by atoms with Gasteiger partial charge in [0.25, 0.3) is 0 Å². The molecule has 0 spiro atoms. The van der Waals surface area contributed by atoms with Crippen molar-refractivity contribution >= 4 is 18.4 Å². The van der Waals surface area contributed by atoms with Gasteiger partial charge in [-0.3, -0.25) is 4.98 Å². The Morgan fingerprint density at radius 2 is 1.95 bits per heavy atom. The Morgan fingerprint density at radius 3 is 2.71 bits per heavy atom. The molecule has 2 N–H and O–H groups in total. The van der Waals surface area contributed by atoms with Crippen molar-refractivity contribution < 1.29 is 5.11 Å². The lowest BCUT2D eigenvalue weighted by atomic mass is 10.2. The van der Waals surface area contributed by atoms with Crippen molar-refractivity contribution in [3.63, 3.8) is 0 Å². The topological polar surface area (TPSA) is 79.1 Å². The van der Waals surface area contributed by atoms with Crippen LogP contribution < -0.4 is 0 Å². The second-order valence-corrected chi connectivity index (χ2v) is 4.59. The van der Waals surface area contributed by atoms with Crippen LogP contribution in [0.3, 0.4) is 0 Å². The minimum atomic E-state index is 0.154. The fourth-order valence-corrected chi connectivity index (χ4v) is 1.98. The Labute approximate surface area is 125 Å². The van der Waals surface area contributed by atoms with Crippen molar-refractivity contribution in [3.8, 4) is 17.1 Å². The first-order valence-electron chi connectivity index (χ1n) is 6.16. The largest absolute Gasteiger partial charge is 0.507 e. The molecule has 3 rings (SSSR count). The minimum Gasteiger partial charge on any atom is -0.507 e. The first kappa shape index (κ1) is 13.2. The average Bonchev–Trinajstić information content (AvgIpc) is 2.88. The molecule has 0 atom stereocenters. The SMILES string of the molecule is Oc1ccccc1/C=N\n1c(-c2ccncc2)n[nH]c1=S. The zero-order valence-corrected chi connectivity index (χ0v) is 11.7. The van der Waals surface area contributed by atoms with E-state index in [0.29, 0.717) is 16.2 Å². The van der Waals surface area contributed by atoms with E-state index in [0.717, 1.165) is 5.56 Å². The van der Waals surface area contributed by atoms with Gasteiger partial charge in [0, 0.05) is 23.5 Å². The number of H-pyrrole nitrogens is 1. The van der Waals surface area contributed by atoms with Crippen LogP contribution in [0, 0.1) is 4.77 Å². The molecule has 0 unspecified atom stereocenters. The number of pyridine rings is 1. The molecule has 0 radical (unpaired) electrons. The highest BCUT2D eigenvalue weighted by atomic mass is 32.1. The van der Waals surface area contributed by atoms with Gasteiger partial charge in [-0.1, -0.05) is 12.1 Å². The van der Waals surface area contributed by atoms with Crippen LogP contribution in [0.1, 0.15) is 5.56 Å². The van der Waals surface area contributed by atoms with Crippen LogP contribution in [0.25, 0.3) is 11.4 Å². The van der Waals surface area contributed by atoms with Gasteiger partial charge >= 0.3 is 0 Å². The summed E-state index contributed by atoms with van der Waals surface area (Å²) in [5, 5.41) is 20.9. The smallest absolute Gasteiger partial charge is 0.216 e. The molecule has 0 amide bonds. The third kappa shape index (κ3) is 2.72. The van der Waals surface area contributed by atoms with Crippen LogP contribution in [0.2, 0.25) is 0 Å². The highest BCUT2D eigenvalue weighted by Crippen LogP contribution is 2.17. The van der Waals surface area contributed by atoms with Crippen LogP contribution in [0.15, 0.2) is 53.9 Å². The predicted molar refractivity (Wildman–Crippen MR) is 81.7 cm³/mol. The number of hydrogen-bond donors (Lipinski definition) is 2. The van der Waals surface area contributed by atoms with E-state index < -0.39 is 0 Å². The fraction of sp³-hybridized carbons (Fsp3) is 0. The molecule has 0 saturated carbocycles. The van der Waals surface area contributed by atoms with Crippen LogP contribution in [-0.2, 0) is 0 Å². The Bertz CT molecular complexity index is 838. The molecule has 0 aliphatic carbocycles. The van der Waals surface area contributed by atoms with E-state index in [-0.39, 0.29) is 5.75 Å². The van der Waals surface area contributed by atoms with Crippen molar-refractivity contribution in [1.29, 1.82) is 0 Å². The molecule has 104 valence electrons. The number of aromatic nitrogens is 4. The molecule has 0 aliphatic heterocycles. The Morgan fingerprint density at radius 1 is 1.19 bits per heavy atom. The number of nitrogens with one attached hydrogen (secondary N) is 1. The van der Waals surface area contributed by atoms with Crippen LogP contribution >= 0.6 is 12.2 Å². The number of rotatable bonds is 3. The van der Waals surface area contributed by atoms with E-state index in [1.54, 1.807) is 30.6 Å². The van der Waals surface area contributed by atoms with E-state index in [4.69, 9.17) is 12.2 Å². The molecule has 0 saturated heterocycles. The van der Waals surface area contributed by atoms with Gasteiger partial charge in [0.05, 0.1) is 6.21 Å². The molecule has 1 aromatic carbocycles. The first-order chi connectivity index (χ1) is 10.3. The molecule has 7 heteroatoms. The fourth-order valence-electron chi connectivity index (χ4n) is 1.80. The number of aromatic hydroxyl groups is 1. The molecular weight excluding hydrogens is 286 g/mol. The summed E-state index contributed by atoms with van der Waals surface area (Å²) in [6, 6.07) is 10.6. The zero-order chi connectivity index (χ0) is 14.7. The predicted octanol–water partition coefficient (Wildman–Crippen LogP) is 2.59. The maximum atomic E-state index is 9.74. The van der Waals surface area contributed by atoms with Gasteiger partial charge in [-0.05, 0) is 36.5 Å². The number of phenols is 1. The lowest BCUT2D eigenvalue weighted by Crippen LogP contribution is -1.95. The molecule has 21 heavy (non-hydrogen) atoms. The Kier molecular flexibility index (Phi) is 3.57. The molecule has 0 bridgehead atoms. The lowest BCUT2D eigenvalue weighted by molar-refractivity contribution is 0.474. The number of benzene rings is 1. The number of phenolic OH excluding ortho intramolecular Hbond substituents is 1. The number of aromatic amines is 1. The summed E-state index contributed by atoms with van der Waals surface area (Å²) in [4.78, 5) is 3.97. The van der Waals surface area contributed by atoms with Gasteiger partial charge in [-0.25, -0.2) is 5.10 Å². The maximum absolute atomic E-state index is 9.74. The standard InChI is InChI=1S/C14H11N5OS/c20-12-4-2-1-3-11(12)9-16-19-13(17-18-14(19)21)10-5-7-15-8-6-10/h1-9,20H,(H,18,21)/b16-9-. The highest BCUT2D eigenvalue weighted by Gasteiger charge is 2.07. The van der Waals surface area contributed by atoms with E-state index in [1.807, 2.05) is 18.2 Å². The molecule has 0 fully saturated rings. The van der Waals surface area contributed by atoms with Crippen LogP contribution in [-0.4, -0.2) is 31.2 Å². The van der Waals surface area contributed by atoms with E-state index in [9.17, 15) is 5.11 Å². The Balaban J connectivity index is 2.02. The third-order valence-electron chi connectivity index (χ3n) is 2.84. The van der Waals surface area contributed by atoms with Crippen molar-refractivity contribution in [2.24, 2.45) is 5.10 Å². The molecule has 6 nitrogen and oxygen atoms in total. The van der Waals surface area contributed by atoms with E-state index in [2.05, 4.69) is 20.3 Å². The van der Waals surface area contributed by atoms with E-state index >= 15 is 0 Å². The van der Waals surface area contributed by atoms with Crippen LogP contribution in [0.5, 0.6) is 5.75 Å². The van der Waals surface area contributed by atoms with Gasteiger partial charge in [0.2, 0.25) is 4.77 Å². The average molecular weight is 297 g/mol. The maximum Gasteiger partial charge on any atom is 0.216 e. The molecule has 3 aromatic rings. The summed E-state index contributed by atoms with van der Waals surface area (Å²) in [5.41, 5.74) is 1.44. The summed E-state index contributed by atoms with van der Waals surface area (Å²) >= 11 is 5.17. The van der Waals surface area contributed by atoms with Crippen molar-refractivity contribution in [2.75, 3.05) is 0 Å². The molecule has 2 aromatic heterocycles. The lowest BCUT2D eigenvalue weighted by Gasteiger charge is -2.01. The summed E-state index contributed by atoms with van der Waals surface area (Å²) in [6.07, 6.45) is 4.87. The van der Waals surface area contributed by atoms with Crippen molar-refractivity contribution in [2.45, 2.75) is 0 Å². The summed E-state index contributed by atoms with van der Waals surface area (Å²) in [6.45, 7) is 0. The second-order valence-electron chi connectivity index (χ2n) is 4.20. The number of nitrogens with zero attached hydrogens (tertiary/aromatic N) is 4. The highest BCUT2D eigenvalue weighted by molar-refractivity contribution is 7.71. The number of para-hydroxylation sites is 1. The Hall–Kier alpha value is -2.80. The van der Waals surface area contributed by atoms with Gasteiger partial charge in [0.15, 0.2) is 5.82 Å². The van der Waals surface area contributed by atoms with Crippen molar-refractivity contribution in [3.05, 3.63) is 59.1 Å². The second kappa shape index (κ2) is 5.68. The summed E-state index contributed by atoms with van der Waals surface area (Å²) < 4.78 is 1.87. The first-order valence-corrected chi connectivity index (χ1v) is 6.57. The molecule has 0 aliphatic rings. The normalized spacial score (nSPS) is 11.0. The number of hydrogen-bond acceptors (Lipinski definition) is 5. The zero-order valence-electron chi connectivity index (χ0n) is 10.8. The van der Waals surface area contributed by atoms with Gasteiger partial charge < -0.3 is 5.11 Å².